The molecule has 0 spiro atoms. The van der Waals surface area contributed by atoms with E-state index in [4.69, 9.17) is 0 Å². The van der Waals surface area contributed by atoms with Gasteiger partial charge in [0.2, 0.25) is 0 Å². The van der Waals surface area contributed by atoms with E-state index in [1.54, 1.807) is 29.0 Å². The highest BCUT2D eigenvalue weighted by Crippen LogP contribution is 2.15. The summed E-state index contributed by atoms with van der Waals surface area (Å²) in [5.74, 6) is 1.13. The maximum atomic E-state index is 12.2. The largest absolute Gasteiger partial charge is 0.353 e. The maximum absolute atomic E-state index is 12.2. The smallest absolute Gasteiger partial charge is 0.258 e. The molecule has 1 aliphatic rings. The Bertz CT molecular complexity index is 855. The topological polar surface area (TPSA) is 87.5 Å². The molecule has 1 saturated heterocycles. The molecule has 8 heteroatoms. The van der Waals surface area contributed by atoms with Crippen molar-refractivity contribution in [3.8, 4) is 0 Å². The third-order valence-electron chi connectivity index (χ3n) is 3.91. The van der Waals surface area contributed by atoms with Crippen LogP contribution in [0.4, 0.5) is 11.6 Å². The SMILES string of the molecule is O=C(Nc1cn2nc(N3CCNCC3)ccc2n1)c1cccnc1. The summed E-state index contributed by atoms with van der Waals surface area (Å²) in [4.78, 5) is 22.7. The zero-order valence-electron chi connectivity index (χ0n) is 13.0. The molecule has 0 aromatic carbocycles. The van der Waals surface area contributed by atoms with Crippen molar-refractivity contribution in [2.45, 2.75) is 0 Å². The number of imidazole rings is 1. The van der Waals surface area contributed by atoms with Gasteiger partial charge in [-0.05, 0) is 24.3 Å². The first-order valence-corrected chi connectivity index (χ1v) is 7.83. The standard InChI is InChI=1S/C16H17N7O/c24-16(12-2-1-5-18-10-12)20-13-11-23-14(19-13)3-4-15(21-23)22-8-6-17-7-9-22/h1-5,10-11,17H,6-9H2,(H,20,24). The van der Waals surface area contributed by atoms with E-state index in [1.807, 2.05) is 12.1 Å². The number of nitrogens with one attached hydrogen (secondary N) is 2. The normalized spacial score (nSPS) is 14.8. The first kappa shape index (κ1) is 14.6. The number of anilines is 2. The van der Waals surface area contributed by atoms with Gasteiger partial charge in [-0.25, -0.2) is 9.50 Å². The molecule has 4 rings (SSSR count). The Labute approximate surface area is 138 Å². The van der Waals surface area contributed by atoms with Crippen LogP contribution in [0.1, 0.15) is 10.4 Å². The van der Waals surface area contributed by atoms with Crippen LogP contribution in [0, 0.1) is 0 Å². The summed E-state index contributed by atoms with van der Waals surface area (Å²) < 4.78 is 1.69. The molecular weight excluding hydrogens is 306 g/mol. The zero-order chi connectivity index (χ0) is 16.4. The fraction of sp³-hybridized carbons (Fsp3) is 0.250. The molecule has 0 saturated carbocycles. The summed E-state index contributed by atoms with van der Waals surface area (Å²) in [5.41, 5.74) is 1.18. The minimum atomic E-state index is -0.242. The number of fused-ring (bicyclic) bond motifs is 1. The average Bonchev–Trinajstić information content (AvgIpc) is 3.04. The van der Waals surface area contributed by atoms with Crippen molar-refractivity contribution in [3.05, 3.63) is 48.4 Å². The van der Waals surface area contributed by atoms with Gasteiger partial charge in [0, 0.05) is 38.6 Å². The Balaban J connectivity index is 1.55. The number of hydrogen-bond donors (Lipinski definition) is 2. The summed E-state index contributed by atoms with van der Waals surface area (Å²) >= 11 is 0. The van der Waals surface area contributed by atoms with Gasteiger partial charge < -0.3 is 15.5 Å². The monoisotopic (exact) mass is 323 g/mol. The molecule has 8 nitrogen and oxygen atoms in total. The number of nitrogens with zero attached hydrogens (tertiary/aromatic N) is 5. The minimum absolute atomic E-state index is 0.242. The summed E-state index contributed by atoms with van der Waals surface area (Å²) in [6.45, 7) is 3.77. The van der Waals surface area contributed by atoms with Crippen molar-refractivity contribution in [1.29, 1.82) is 0 Å². The van der Waals surface area contributed by atoms with Crippen molar-refractivity contribution in [3.63, 3.8) is 0 Å². The van der Waals surface area contributed by atoms with Crippen LogP contribution < -0.4 is 15.5 Å². The molecule has 0 bridgehead atoms. The molecule has 3 aromatic heterocycles. The van der Waals surface area contributed by atoms with E-state index in [1.165, 1.54) is 6.20 Å². The van der Waals surface area contributed by atoms with Gasteiger partial charge in [0.15, 0.2) is 11.5 Å². The Morgan fingerprint density at radius 2 is 2.08 bits per heavy atom. The Morgan fingerprint density at radius 3 is 2.88 bits per heavy atom. The predicted molar refractivity (Wildman–Crippen MR) is 90.3 cm³/mol. The van der Waals surface area contributed by atoms with E-state index in [9.17, 15) is 4.79 Å². The molecule has 122 valence electrons. The Morgan fingerprint density at radius 1 is 1.21 bits per heavy atom. The Hall–Kier alpha value is -3.00. The third kappa shape index (κ3) is 2.91. The lowest BCUT2D eigenvalue weighted by atomic mass is 10.3. The lowest BCUT2D eigenvalue weighted by Crippen LogP contribution is -2.44. The van der Waals surface area contributed by atoms with Crippen molar-refractivity contribution in [2.75, 3.05) is 36.4 Å². The van der Waals surface area contributed by atoms with Crippen LogP contribution >= 0.6 is 0 Å². The molecule has 1 aliphatic heterocycles. The maximum Gasteiger partial charge on any atom is 0.258 e. The predicted octanol–water partition coefficient (Wildman–Crippen LogP) is 0.786. The second kappa shape index (κ2) is 6.25. The summed E-state index contributed by atoms with van der Waals surface area (Å²) in [6, 6.07) is 7.29. The molecule has 3 aromatic rings. The molecular formula is C16H17N7O. The number of piperazine rings is 1. The number of aromatic nitrogens is 4. The first-order chi connectivity index (χ1) is 11.8. The molecule has 2 N–H and O–H groups in total. The van der Waals surface area contributed by atoms with Crippen molar-refractivity contribution >= 4 is 23.2 Å². The van der Waals surface area contributed by atoms with Gasteiger partial charge in [0.05, 0.1) is 11.8 Å². The van der Waals surface area contributed by atoms with Gasteiger partial charge in [-0.3, -0.25) is 9.78 Å². The minimum Gasteiger partial charge on any atom is -0.353 e. The number of amides is 1. The summed E-state index contributed by atoms with van der Waals surface area (Å²) in [5, 5.41) is 10.7. The molecule has 1 fully saturated rings. The highest BCUT2D eigenvalue weighted by molar-refractivity contribution is 6.03. The van der Waals surface area contributed by atoms with Crippen LogP contribution in [-0.4, -0.2) is 51.7 Å². The summed E-state index contributed by atoms with van der Waals surface area (Å²) in [6.07, 6.45) is 4.87. The highest BCUT2D eigenvalue weighted by atomic mass is 16.1. The molecule has 24 heavy (non-hydrogen) atoms. The molecule has 0 radical (unpaired) electrons. The number of pyridine rings is 1. The van der Waals surface area contributed by atoms with E-state index < -0.39 is 0 Å². The highest BCUT2D eigenvalue weighted by Gasteiger charge is 2.14. The molecule has 0 atom stereocenters. The second-order valence-corrected chi connectivity index (χ2v) is 5.55. The number of carbonyl (C=O) groups is 1. The van der Waals surface area contributed by atoms with Crippen LogP contribution in [-0.2, 0) is 0 Å². The van der Waals surface area contributed by atoms with Crippen molar-refractivity contribution in [1.82, 2.24) is 24.9 Å². The van der Waals surface area contributed by atoms with Gasteiger partial charge >= 0.3 is 0 Å². The Kier molecular flexibility index (Phi) is 3.80. The fourth-order valence-corrected chi connectivity index (χ4v) is 2.68. The van der Waals surface area contributed by atoms with Crippen molar-refractivity contribution in [2.24, 2.45) is 0 Å². The number of rotatable bonds is 3. The number of carbonyl (C=O) groups excluding carboxylic acids is 1. The van der Waals surface area contributed by atoms with Gasteiger partial charge in [0.25, 0.3) is 5.91 Å². The third-order valence-corrected chi connectivity index (χ3v) is 3.91. The quantitative estimate of drug-likeness (QED) is 0.741. The van der Waals surface area contributed by atoms with E-state index in [-0.39, 0.29) is 5.91 Å². The fourth-order valence-electron chi connectivity index (χ4n) is 2.68. The van der Waals surface area contributed by atoms with E-state index in [0.29, 0.717) is 17.0 Å². The average molecular weight is 323 g/mol. The molecule has 0 aliphatic carbocycles. The van der Waals surface area contributed by atoms with Gasteiger partial charge in [-0.1, -0.05) is 0 Å². The van der Waals surface area contributed by atoms with Crippen LogP contribution in [0.15, 0.2) is 42.9 Å². The van der Waals surface area contributed by atoms with Crippen LogP contribution in [0.2, 0.25) is 0 Å². The van der Waals surface area contributed by atoms with Crippen molar-refractivity contribution < 1.29 is 4.79 Å². The lowest BCUT2D eigenvalue weighted by molar-refractivity contribution is 0.102. The zero-order valence-corrected chi connectivity index (χ0v) is 13.0. The summed E-state index contributed by atoms with van der Waals surface area (Å²) in [7, 11) is 0. The van der Waals surface area contributed by atoms with Crippen LogP contribution in [0.25, 0.3) is 5.65 Å². The van der Waals surface area contributed by atoms with Crippen LogP contribution in [0.3, 0.4) is 0 Å². The molecule has 4 heterocycles. The second-order valence-electron chi connectivity index (χ2n) is 5.55. The van der Waals surface area contributed by atoms with E-state index >= 15 is 0 Å². The van der Waals surface area contributed by atoms with Gasteiger partial charge in [0.1, 0.15) is 5.82 Å². The molecule has 0 unspecified atom stereocenters. The van der Waals surface area contributed by atoms with Crippen LogP contribution in [0.5, 0.6) is 0 Å². The van der Waals surface area contributed by atoms with Gasteiger partial charge in [-0.2, -0.15) is 0 Å². The number of hydrogen-bond acceptors (Lipinski definition) is 6. The van der Waals surface area contributed by atoms with E-state index in [2.05, 4.69) is 30.6 Å². The first-order valence-electron chi connectivity index (χ1n) is 7.83. The lowest BCUT2D eigenvalue weighted by Gasteiger charge is -2.28. The van der Waals surface area contributed by atoms with Gasteiger partial charge in [-0.15, -0.1) is 5.10 Å². The molecule has 1 amide bonds. The van der Waals surface area contributed by atoms with E-state index in [0.717, 1.165) is 32.0 Å².